The Hall–Kier alpha value is -1.21. The number of hydrogen-bond acceptors (Lipinski definition) is 3. The first-order valence-electron chi connectivity index (χ1n) is 5.98. The number of likely N-dealkylation sites (tertiary alicyclic amines) is 1. The molecule has 0 saturated carbocycles. The molecule has 1 heterocycles. The van der Waals surface area contributed by atoms with Crippen LogP contribution in [0.5, 0.6) is 0 Å². The highest BCUT2D eigenvalue weighted by Gasteiger charge is 2.11. The van der Waals surface area contributed by atoms with Crippen LogP contribution in [-0.2, 0) is 4.79 Å². The molecule has 17 heavy (non-hydrogen) atoms. The van der Waals surface area contributed by atoms with Crippen molar-refractivity contribution in [1.29, 1.82) is 5.26 Å². The van der Waals surface area contributed by atoms with E-state index in [4.69, 9.17) is 16.9 Å². The van der Waals surface area contributed by atoms with Gasteiger partial charge in [0.2, 0.25) is 0 Å². The van der Waals surface area contributed by atoms with Gasteiger partial charge in [-0.3, -0.25) is 4.79 Å². The molecular weight excluding hydrogens is 238 g/mol. The van der Waals surface area contributed by atoms with E-state index in [1.807, 2.05) is 6.07 Å². The number of hydrogen-bond donors (Lipinski definition) is 1. The van der Waals surface area contributed by atoms with Crippen LogP contribution in [-0.4, -0.2) is 36.3 Å². The van der Waals surface area contributed by atoms with Gasteiger partial charge in [0.25, 0.3) is 5.91 Å². The number of nitrogens with one attached hydrogen (secondary N) is 1. The second-order valence-electron chi connectivity index (χ2n) is 4.05. The van der Waals surface area contributed by atoms with Gasteiger partial charge in [0.05, 0.1) is 0 Å². The number of nitriles is 1. The molecule has 0 aromatic heterocycles. The van der Waals surface area contributed by atoms with Crippen molar-refractivity contribution in [2.45, 2.75) is 25.7 Å². The lowest BCUT2D eigenvalue weighted by atomic mass is 10.2. The third kappa shape index (κ3) is 5.10. The first kappa shape index (κ1) is 13.9. The molecule has 1 rings (SSSR count). The minimum Gasteiger partial charge on any atom is -0.376 e. The van der Waals surface area contributed by atoms with E-state index in [0.717, 1.165) is 25.9 Å². The molecule has 0 radical (unpaired) electrons. The fraction of sp³-hybridized carbons (Fsp3) is 0.667. The standard InChI is InChI=1S/C12H18ClN3O/c13-5-6-15-12(17)11(9-14)10-16-7-3-1-2-4-8-16/h10H,1-8H2,(H,15,17)/b11-10-. The summed E-state index contributed by atoms with van der Waals surface area (Å²) in [4.78, 5) is 13.7. The summed E-state index contributed by atoms with van der Waals surface area (Å²) in [6.45, 7) is 2.24. The SMILES string of the molecule is N#C/C(=C/N1CCCCCC1)C(=O)NCCCl. The lowest BCUT2D eigenvalue weighted by molar-refractivity contribution is -0.117. The summed E-state index contributed by atoms with van der Waals surface area (Å²) in [5, 5.41) is 11.6. The molecule has 0 spiro atoms. The highest BCUT2D eigenvalue weighted by Crippen LogP contribution is 2.11. The van der Waals surface area contributed by atoms with E-state index in [-0.39, 0.29) is 11.5 Å². The Bertz CT molecular complexity index is 314. The van der Waals surface area contributed by atoms with Crippen molar-refractivity contribution in [3.63, 3.8) is 0 Å². The summed E-state index contributed by atoms with van der Waals surface area (Å²) >= 11 is 5.48. The summed E-state index contributed by atoms with van der Waals surface area (Å²) in [6, 6.07) is 1.94. The second-order valence-corrected chi connectivity index (χ2v) is 4.43. The van der Waals surface area contributed by atoms with Crippen molar-refractivity contribution in [3.05, 3.63) is 11.8 Å². The summed E-state index contributed by atoms with van der Waals surface area (Å²) in [6.07, 6.45) is 6.38. The number of alkyl halides is 1. The number of carbonyl (C=O) groups is 1. The van der Waals surface area contributed by atoms with Crippen molar-refractivity contribution in [3.8, 4) is 6.07 Å². The molecule has 0 unspecified atom stereocenters. The molecule has 0 atom stereocenters. The highest BCUT2D eigenvalue weighted by atomic mass is 35.5. The summed E-state index contributed by atoms with van der Waals surface area (Å²) in [5.41, 5.74) is 0.164. The van der Waals surface area contributed by atoms with Crippen LogP contribution in [0.1, 0.15) is 25.7 Å². The van der Waals surface area contributed by atoms with Crippen molar-refractivity contribution in [1.82, 2.24) is 10.2 Å². The third-order valence-electron chi connectivity index (χ3n) is 2.70. The number of nitrogens with zero attached hydrogens (tertiary/aromatic N) is 2. The molecule has 1 fully saturated rings. The molecule has 0 aliphatic carbocycles. The van der Waals surface area contributed by atoms with E-state index in [9.17, 15) is 4.79 Å². The number of carbonyl (C=O) groups excluding carboxylic acids is 1. The molecule has 1 amide bonds. The average molecular weight is 256 g/mol. The maximum Gasteiger partial charge on any atom is 0.263 e. The molecule has 5 heteroatoms. The van der Waals surface area contributed by atoms with Crippen LogP contribution in [0.2, 0.25) is 0 Å². The largest absolute Gasteiger partial charge is 0.376 e. The molecule has 1 N–H and O–H groups in total. The molecule has 4 nitrogen and oxygen atoms in total. The summed E-state index contributed by atoms with van der Waals surface area (Å²) < 4.78 is 0. The van der Waals surface area contributed by atoms with Gasteiger partial charge in [0.1, 0.15) is 11.6 Å². The van der Waals surface area contributed by atoms with Crippen molar-refractivity contribution in [2.75, 3.05) is 25.5 Å². The lowest BCUT2D eigenvalue weighted by Crippen LogP contribution is -2.28. The highest BCUT2D eigenvalue weighted by molar-refractivity contribution is 6.18. The maximum absolute atomic E-state index is 11.6. The molecule has 1 saturated heterocycles. The Morgan fingerprint density at radius 3 is 2.53 bits per heavy atom. The van der Waals surface area contributed by atoms with Crippen molar-refractivity contribution < 1.29 is 4.79 Å². The second kappa shape index (κ2) is 7.97. The smallest absolute Gasteiger partial charge is 0.263 e. The molecule has 0 aromatic carbocycles. The van der Waals surface area contributed by atoms with Gasteiger partial charge in [0.15, 0.2) is 0 Å². The molecule has 1 aliphatic heterocycles. The van der Waals surface area contributed by atoms with Gasteiger partial charge in [-0.15, -0.1) is 11.6 Å². The third-order valence-corrected chi connectivity index (χ3v) is 2.89. The minimum atomic E-state index is -0.336. The lowest BCUT2D eigenvalue weighted by Gasteiger charge is -2.17. The van der Waals surface area contributed by atoms with Crippen LogP contribution in [0.4, 0.5) is 0 Å². The zero-order valence-electron chi connectivity index (χ0n) is 9.91. The van der Waals surface area contributed by atoms with Gasteiger partial charge in [-0.1, -0.05) is 12.8 Å². The Labute approximate surface area is 107 Å². The Morgan fingerprint density at radius 1 is 1.35 bits per heavy atom. The van der Waals surface area contributed by atoms with Gasteiger partial charge in [0, 0.05) is 31.7 Å². The zero-order valence-corrected chi connectivity index (χ0v) is 10.7. The van der Waals surface area contributed by atoms with E-state index >= 15 is 0 Å². The zero-order chi connectivity index (χ0) is 12.5. The van der Waals surface area contributed by atoms with Gasteiger partial charge >= 0.3 is 0 Å². The molecule has 94 valence electrons. The summed E-state index contributed by atoms with van der Waals surface area (Å²) in [7, 11) is 0. The Morgan fingerprint density at radius 2 is 2.00 bits per heavy atom. The van der Waals surface area contributed by atoms with Crippen LogP contribution in [0.15, 0.2) is 11.8 Å². The van der Waals surface area contributed by atoms with E-state index < -0.39 is 0 Å². The van der Waals surface area contributed by atoms with Gasteiger partial charge < -0.3 is 10.2 Å². The number of amides is 1. The van der Waals surface area contributed by atoms with E-state index in [0.29, 0.717) is 12.4 Å². The van der Waals surface area contributed by atoms with Gasteiger partial charge in [-0.2, -0.15) is 5.26 Å². The topological polar surface area (TPSA) is 56.1 Å². The molecular formula is C12H18ClN3O. The number of halogens is 1. The average Bonchev–Trinajstić information content (AvgIpc) is 2.61. The van der Waals surface area contributed by atoms with E-state index in [1.165, 1.54) is 12.8 Å². The predicted octanol–water partition coefficient (Wildman–Crippen LogP) is 1.62. The Kier molecular flexibility index (Phi) is 6.49. The fourth-order valence-electron chi connectivity index (χ4n) is 1.80. The maximum atomic E-state index is 11.6. The first-order valence-corrected chi connectivity index (χ1v) is 6.51. The van der Waals surface area contributed by atoms with Crippen LogP contribution >= 0.6 is 11.6 Å². The predicted molar refractivity (Wildman–Crippen MR) is 67.5 cm³/mol. The molecule has 0 aromatic rings. The van der Waals surface area contributed by atoms with Crippen LogP contribution in [0, 0.1) is 11.3 Å². The van der Waals surface area contributed by atoms with E-state index in [2.05, 4.69) is 10.2 Å². The van der Waals surface area contributed by atoms with Crippen molar-refractivity contribution >= 4 is 17.5 Å². The number of rotatable bonds is 4. The Balaban J connectivity index is 2.58. The van der Waals surface area contributed by atoms with Gasteiger partial charge in [-0.05, 0) is 12.8 Å². The fourth-order valence-corrected chi connectivity index (χ4v) is 1.90. The van der Waals surface area contributed by atoms with Crippen molar-refractivity contribution in [2.24, 2.45) is 0 Å². The quantitative estimate of drug-likeness (QED) is 0.472. The van der Waals surface area contributed by atoms with E-state index in [1.54, 1.807) is 6.20 Å². The van der Waals surface area contributed by atoms with Gasteiger partial charge in [-0.25, -0.2) is 0 Å². The normalized spacial score (nSPS) is 17.2. The minimum absolute atomic E-state index is 0.164. The monoisotopic (exact) mass is 255 g/mol. The van der Waals surface area contributed by atoms with Crippen LogP contribution in [0.3, 0.4) is 0 Å². The summed E-state index contributed by atoms with van der Waals surface area (Å²) in [5.74, 6) is 0.0196. The first-order chi connectivity index (χ1) is 8.27. The molecule has 1 aliphatic rings. The van der Waals surface area contributed by atoms with Crippen LogP contribution < -0.4 is 5.32 Å². The van der Waals surface area contributed by atoms with Crippen LogP contribution in [0.25, 0.3) is 0 Å². The molecule has 0 bridgehead atoms.